The first-order valence-corrected chi connectivity index (χ1v) is 5.76. The molecule has 0 heterocycles. The van der Waals surface area contributed by atoms with Crippen LogP contribution in [0.5, 0.6) is 0 Å². The Morgan fingerprint density at radius 2 is 2.22 bits per heavy atom. The Morgan fingerprint density at radius 1 is 1.56 bits per heavy atom. The number of carboxylic acid groups (broad SMARTS) is 1. The number of nitrogens with one attached hydrogen (secondary N) is 1. The van der Waals surface area contributed by atoms with Gasteiger partial charge < -0.3 is 20.1 Å². The van der Waals surface area contributed by atoms with Gasteiger partial charge in [0.25, 0.3) is 0 Å². The smallest absolute Gasteiger partial charge is 0.323 e. The van der Waals surface area contributed by atoms with Crippen LogP contribution in [0.25, 0.3) is 0 Å². The number of ether oxygens (including phenoxy) is 1. The number of nitrogens with zero attached hydrogens (tertiary/aromatic N) is 1. The molecule has 2 amide bonds. The summed E-state index contributed by atoms with van der Waals surface area (Å²) in [5.41, 5.74) is -0.291. The molecule has 18 heavy (non-hydrogen) atoms. The van der Waals surface area contributed by atoms with Gasteiger partial charge in [0.1, 0.15) is 6.54 Å². The Bertz CT molecular complexity index is 352. The van der Waals surface area contributed by atoms with Crippen molar-refractivity contribution in [1.82, 2.24) is 10.2 Å². The van der Waals surface area contributed by atoms with Crippen LogP contribution in [0.2, 0.25) is 0 Å². The first-order valence-electron chi connectivity index (χ1n) is 5.76. The zero-order chi connectivity index (χ0) is 13.6. The third kappa shape index (κ3) is 3.64. The van der Waals surface area contributed by atoms with Crippen LogP contribution in [0.4, 0.5) is 4.79 Å². The van der Waals surface area contributed by atoms with Crippen LogP contribution in [0, 0.1) is 12.3 Å². The van der Waals surface area contributed by atoms with Crippen molar-refractivity contribution in [1.29, 1.82) is 0 Å². The van der Waals surface area contributed by atoms with E-state index in [4.69, 9.17) is 16.3 Å². The summed E-state index contributed by atoms with van der Waals surface area (Å²) in [5, 5.41) is 11.3. The van der Waals surface area contributed by atoms with E-state index in [1.807, 2.05) is 0 Å². The largest absolute Gasteiger partial charge is 0.480 e. The summed E-state index contributed by atoms with van der Waals surface area (Å²) in [6, 6.07) is -0.473. The zero-order valence-electron chi connectivity index (χ0n) is 10.4. The van der Waals surface area contributed by atoms with Gasteiger partial charge in [0.15, 0.2) is 0 Å². The van der Waals surface area contributed by atoms with E-state index in [0.717, 1.165) is 24.2 Å². The highest BCUT2D eigenvalue weighted by atomic mass is 16.5. The first-order chi connectivity index (χ1) is 8.53. The van der Waals surface area contributed by atoms with Crippen molar-refractivity contribution in [2.45, 2.75) is 24.9 Å². The van der Waals surface area contributed by atoms with Crippen molar-refractivity contribution < 1.29 is 19.4 Å². The van der Waals surface area contributed by atoms with E-state index in [-0.39, 0.29) is 12.1 Å². The minimum Gasteiger partial charge on any atom is -0.480 e. The number of terminal acetylenes is 1. The van der Waals surface area contributed by atoms with Gasteiger partial charge in [-0.15, -0.1) is 6.42 Å². The summed E-state index contributed by atoms with van der Waals surface area (Å²) in [6.07, 6.45) is 7.98. The van der Waals surface area contributed by atoms with Gasteiger partial charge in [-0.05, 0) is 19.3 Å². The number of rotatable bonds is 6. The summed E-state index contributed by atoms with van der Waals surface area (Å²) in [4.78, 5) is 23.4. The number of hydrogen-bond acceptors (Lipinski definition) is 3. The zero-order valence-corrected chi connectivity index (χ0v) is 10.4. The summed E-state index contributed by atoms with van der Waals surface area (Å²) >= 11 is 0. The normalized spacial score (nSPS) is 16.2. The lowest BCUT2D eigenvalue weighted by Crippen LogP contribution is -2.52. The third-order valence-electron chi connectivity index (χ3n) is 3.16. The molecule has 1 aliphatic carbocycles. The molecular formula is C12H18N2O4. The molecule has 0 spiro atoms. The van der Waals surface area contributed by atoms with Crippen molar-refractivity contribution in [2.24, 2.45) is 0 Å². The number of carbonyl (C=O) groups is 2. The molecule has 0 atom stereocenters. The Kier molecular flexibility index (Phi) is 4.98. The highest BCUT2D eigenvalue weighted by Gasteiger charge is 2.37. The number of hydrogen-bond donors (Lipinski definition) is 2. The van der Waals surface area contributed by atoms with E-state index in [1.54, 1.807) is 7.11 Å². The van der Waals surface area contributed by atoms with E-state index in [0.29, 0.717) is 6.54 Å². The van der Waals surface area contributed by atoms with Crippen LogP contribution in [0.15, 0.2) is 0 Å². The Labute approximate surface area is 106 Å². The van der Waals surface area contributed by atoms with E-state index < -0.39 is 18.5 Å². The van der Waals surface area contributed by atoms with Gasteiger partial charge in [0, 0.05) is 13.7 Å². The van der Waals surface area contributed by atoms with E-state index in [1.165, 1.54) is 0 Å². The summed E-state index contributed by atoms with van der Waals surface area (Å²) in [5.74, 6) is 1.17. The van der Waals surface area contributed by atoms with Crippen LogP contribution >= 0.6 is 0 Å². The maximum absolute atomic E-state index is 11.8. The molecule has 0 aliphatic heterocycles. The SMILES string of the molecule is C#CCN(CC(=O)O)C(=O)NCC1(OC)CCC1. The lowest BCUT2D eigenvalue weighted by Gasteiger charge is -2.40. The summed E-state index contributed by atoms with van der Waals surface area (Å²) in [6.45, 7) is -0.0584. The fraction of sp³-hybridized carbons (Fsp3) is 0.667. The quantitative estimate of drug-likeness (QED) is 0.667. The minimum atomic E-state index is -1.09. The molecule has 0 radical (unpaired) electrons. The number of aliphatic carboxylic acids is 1. The van der Waals surface area contributed by atoms with Crippen LogP contribution in [0.3, 0.4) is 0 Å². The fourth-order valence-electron chi connectivity index (χ4n) is 1.85. The second-order valence-corrected chi connectivity index (χ2v) is 4.35. The average molecular weight is 254 g/mol. The molecule has 100 valence electrons. The molecule has 6 nitrogen and oxygen atoms in total. The number of carboxylic acids is 1. The van der Waals surface area contributed by atoms with Gasteiger partial charge in [0.2, 0.25) is 0 Å². The van der Waals surface area contributed by atoms with Gasteiger partial charge in [-0.1, -0.05) is 5.92 Å². The lowest BCUT2D eigenvalue weighted by molar-refractivity contribution is -0.137. The fourth-order valence-corrected chi connectivity index (χ4v) is 1.85. The van der Waals surface area contributed by atoms with Crippen molar-refractivity contribution in [2.75, 3.05) is 26.7 Å². The van der Waals surface area contributed by atoms with Crippen molar-refractivity contribution in [3.05, 3.63) is 0 Å². The second kappa shape index (κ2) is 6.26. The van der Waals surface area contributed by atoms with Gasteiger partial charge in [0.05, 0.1) is 12.1 Å². The number of methoxy groups -OCH3 is 1. The molecule has 0 bridgehead atoms. The first kappa shape index (κ1) is 14.3. The van der Waals surface area contributed by atoms with E-state index in [2.05, 4.69) is 11.2 Å². The highest BCUT2D eigenvalue weighted by molar-refractivity contribution is 5.80. The molecule has 0 saturated heterocycles. The van der Waals surface area contributed by atoms with Gasteiger partial charge in [-0.2, -0.15) is 0 Å². The minimum absolute atomic E-state index is 0.0296. The predicted octanol–water partition coefficient (Wildman–Crippen LogP) is 0.285. The molecule has 0 aromatic carbocycles. The van der Waals surface area contributed by atoms with Gasteiger partial charge in [-0.25, -0.2) is 4.79 Å². The Morgan fingerprint density at radius 3 is 2.61 bits per heavy atom. The lowest BCUT2D eigenvalue weighted by atomic mass is 9.80. The predicted molar refractivity (Wildman–Crippen MR) is 65.0 cm³/mol. The molecule has 1 saturated carbocycles. The Hall–Kier alpha value is -1.74. The molecule has 0 aromatic rings. The number of carbonyl (C=O) groups excluding carboxylic acids is 1. The van der Waals surface area contributed by atoms with Gasteiger partial charge >= 0.3 is 12.0 Å². The number of amides is 2. The average Bonchev–Trinajstić information content (AvgIpc) is 2.27. The molecule has 6 heteroatoms. The van der Waals surface area contributed by atoms with Crippen LogP contribution in [-0.2, 0) is 9.53 Å². The van der Waals surface area contributed by atoms with Crippen LogP contribution in [0.1, 0.15) is 19.3 Å². The molecular weight excluding hydrogens is 236 g/mol. The third-order valence-corrected chi connectivity index (χ3v) is 3.16. The molecule has 0 unspecified atom stereocenters. The van der Waals surface area contributed by atoms with Crippen molar-refractivity contribution in [3.63, 3.8) is 0 Å². The molecule has 0 aromatic heterocycles. The monoisotopic (exact) mass is 254 g/mol. The van der Waals surface area contributed by atoms with E-state index in [9.17, 15) is 9.59 Å². The topological polar surface area (TPSA) is 78.9 Å². The van der Waals surface area contributed by atoms with Crippen molar-refractivity contribution in [3.8, 4) is 12.3 Å². The summed E-state index contributed by atoms with van der Waals surface area (Å²) < 4.78 is 5.36. The maximum Gasteiger partial charge on any atom is 0.323 e. The highest BCUT2D eigenvalue weighted by Crippen LogP contribution is 2.34. The Balaban J connectivity index is 2.46. The van der Waals surface area contributed by atoms with Crippen LogP contribution < -0.4 is 5.32 Å². The number of urea groups is 1. The molecule has 1 rings (SSSR count). The van der Waals surface area contributed by atoms with Crippen molar-refractivity contribution >= 4 is 12.0 Å². The molecule has 1 aliphatic rings. The molecule has 2 N–H and O–H groups in total. The standard InChI is InChI=1S/C12H18N2O4/c1-3-7-14(8-10(15)16)11(17)13-9-12(18-2)5-4-6-12/h1H,4-9H2,2H3,(H,13,17)(H,15,16). The summed E-state index contributed by atoms with van der Waals surface area (Å²) in [7, 11) is 1.61. The molecule has 1 fully saturated rings. The van der Waals surface area contributed by atoms with Crippen LogP contribution in [-0.4, -0.2) is 54.4 Å². The second-order valence-electron chi connectivity index (χ2n) is 4.35. The van der Waals surface area contributed by atoms with E-state index >= 15 is 0 Å². The van der Waals surface area contributed by atoms with Gasteiger partial charge in [-0.3, -0.25) is 4.79 Å². The maximum atomic E-state index is 11.8.